The van der Waals surface area contributed by atoms with Crippen molar-refractivity contribution in [1.82, 2.24) is 10.2 Å². The van der Waals surface area contributed by atoms with Crippen molar-refractivity contribution in [3.63, 3.8) is 0 Å². The zero-order chi connectivity index (χ0) is 15.5. The number of nitrogens with zero attached hydrogens (tertiary/aromatic N) is 1. The van der Waals surface area contributed by atoms with Crippen molar-refractivity contribution in [1.29, 1.82) is 0 Å². The summed E-state index contributed by atoms with van der Waals surface area (Å²) in [7, 11) is 1.39. The van der Waals surface area contributed by atoms with Crippen LogP contribution >= 0.6 is 11.3 Å². The van der Waals surface area contributed by atoms with E-state index in [0.29, 0.717) is 26.1 Å². The van der Waals surface area contributed by atoms with Crippen molar-refractivity contribution in [3.05, 3.63) is 22.4 Å². The van der Waals surface area contributed by atoms with Crippen LogP contribution in [0, 0.1) is 5.41 Å². The van der Waals surface area contributed by atoms with E-state index in [9.17, 15) is 9.59 Å². The third kappa shape index (κ3) is 3.56. The summed E-state index contributed by atoms with van der Waals surface area (Å²) in [5, 5.41) is 7.08. The number of methoxy groups -OCH3 is 1. The minimum absolute atomic E-state index is 0.107. The fourth-order valence-corrected chi connectivity index (χ4v) is 3.36. The van der Waals surface area contributed by atoms with E-state index in [0.717, 1.165) is 0 Å². The molecule has 5 nitrogen and oxygen atoms in total. The SMILES string of the molecule is COC(=O)[C@@]1(C)CCN(C(=O)NC[C@@H](C)c2ccsc2)C1. The molecule has 2 atom stereocenters. The van der Waals surface area contributed by atoms with E-state index in [1.807, 2.05) is 12.3 Å². The number of hydrogen-bond acceptors (Lipinski definition) is 4. The molecule has 1 aromatic rings. The Kier molecular flexibility index (Phi) is 4.88. The van der Waals surface area contributed by atoms with Crippen molar-refractivity contribution in [2.45, 2.75) is 26.2 Å². The van der Waals surface area contributed by atoms with Gasteiger partial charge in [-0.1, -0.05) is 6.92 Å². The lowest BCUT2D eigenvalue weighted by Gasteiger charge is -2.22. The van der Waals surface area contributed by atoms with Gasteiger partial charge in [0.15, 0.2) is 0 Å². The van der Waals surface area contributed by atoms with Crippen LogP contribution in [0.15, 0.2) is 16.8 Å². The maximum atomic E-state index is 12.2. The second-order valence-corrected chi connectivity index (χ2v) is 6.65. The molecule has 0 unspecified atom stereocenters. The van der Waals surface area contributed by atoms with Crippen LogP contribution < -0.4 is 5.32 Å². The quantitative estimate of drug-likeness (QED) is 0.869. The summed E-state index contributed by atoms with van der Waals surface area (Å²) >= 11 is 1.66. The number of urea groups is 1. The lowest BCUT2D eigenvalue weighted by molar-refractivity contribution is -0.150. The molecule has 0 aromatic carbocycles. The van der Waals surface area contributed by atoms with Gasteiger partial charge >= 0.3 is 12.0 Å². The van der Waals surface area contributed by atoms with Crippen LogP contribution in [-0.4, -0.2) is 43.6 Å². The molecular formula is C15H22N2O3S. The van der Waals surface area contributed by atoms with Crippen LogP contribution in [0.5, 0.6) is 0 Å². The van der Waals surface area contributed by atoms with Gasteiger partial charge in [-0.3, -0.25) is 4.79 Å². The van der Waals surface area contributed by atoms with Gasteiger partial charge in [-0.05, 0) is 41.7 Å². The maximum absolute atomic E-state index is 12.2. The van der Waals surface area contributed by atoms with Crippen molar-refractivity contribution < 1.29 is 14.3 Å². The van der Waals surface area contributed by atoms with Gasteiger partial charge in [0.1, 0.15) is 0 Å². The molecule has 2 rings (SSSR count). The van der Waals surface area contributed by atoms with Crippen molar-refractivity contribution in [2.75, 3.05) is 26.7 Å². The molecule has 0 saturated carbocycles. The molecule has 21 heavy (non-hydrogen) atoms. The van der Waals surface area contributed by atoms with E-state index in [1.165, 1.54) is 12.7 Å². The molecule has 0 radical (unpaired) electrons. The Hall–Kier alpha value is -1.56. The minimum atomic E-state index is -0.578. The van der Waals surface area contributed by atoms with Crippen molar-refractivity contribution >= 4 is 23.3 Å². The summed E-state index contributed by atoms with van der Waals surface area (Å²) < 4.78 is 4.82. The van der Waals surface area contributed by atoms with Gasteiger partial charge in [-0.2, -0.15) is 11.3 Å². The smallest absolute Gasteiger partial charge is 0.317 e. The Balaban J connectivity index is 1.84. The molecule has 1 aliphatic heterocycles. The van der Waals surface area contributed by atoms with E-state index >= 15 is 0 Å². The van der Waals surface area contributed by atoms with Gasteiger partial charge in [0, 0.05) is 19.6 Å². The Bertz CT molecular complexity index is 503. The Morgan fingerprint density at radius 3 is 2.95 bits per heavy atom. The zero-order valence-corrected chi connectivity index (χ0v) is 13.5. The number of ether oxygens (including phenoxy) is 1. The summed E-state index contributed by atoms with van der Waals surface area (Å²) in [5.41, 5.74) is 0.659. The fraction of sp³-hybridized carbons (Fsp3) is 0.600. The molecular weight excluding hydrogens is 288 g/mol. The average Bonchev–Trinajstić information content (AvgIpc) is 3.13. The lowest BCUT2D eigenvalue weighted by atomic mass is 9.90. The lowest BCUT2D eigenvalue weighted by Crippen LogP contribution is -2.42. The van der Waals surface area contributed by atoms with Gasteiger partial charge in [0.05, 0.1) is 12.5 Å². The molecule has 0 bridgehead atoms. The first-order chi connectivity index (χ1) is 9.96. The summed E-state index contributed by atoms with van der Waals surface area (Å²) in [6, 6.07) is 1.97. The van der Waals surface area contributed by atoms with Gasteiger partial charge in [-0.15, -0.1) is 0 Å². The second-order valence-electron chi connectivity index (χ2n) is 5.87. The van der Waals surface area contributed by atoms with Gasteiger partial charge in [-0.25, -0.2) is 4.79 Å². The van der Waals surface area contributed by atoms with Crippen LogP contribution in [0.4, 0.5) is 4.79 Å². The maximum Gasteiger partial charge on any atom is 0.317 e. The molecule has 1 saturated heterocycles. The monoisotopic (exact) mass is 310 g/mol. The van der Waals surface area contributed by atoms with E-state index in [-0.39, 0.29) is 17.9 Å². The minimum Gasteiger partial charge on any atom is -0.469 e. The standard InChI is InChI=1S/C15H22N2O3S/c1-11(12-4-7-21-9-12)8-16-14(19)17-6-5-15(2,10-17)13(18)20-3/h4,7,9,11H,5-6,8,10H2,1-3H3,(H,16,19)/t11-,15+/m1/s1. The Morgan fingerprint density at radius 1 is 1.57 bits per heavy atom. The third-order valence-corrected chi connectivity index (χ3v) is 4.81. The number of likely N-dealkylation sites (tertiary alicyclic amines) is 1. The topological polar surface area (TPSA) is 58.6 Å². The largest absolute Gasteiger partial charge is 0.469 e. The van der Waals surface area contributed by atoms with Gasteiger partial charge < -0.3 is 15.0 Å². The van der Waals surface area contributed by atoms with Crippen LogP contribution in [0.2, 0.25) is 0 Å². The first-order valence-electron chi connectivity index (χ1n) is 7.09. The predicted molar refractivity (Wildman–Crippen MR) is 82.4 cm³/mol. The highest BCUT2D eigenvalue weighted by atomic mass is 32.1. The van der Waals surface area contributed by atoms with Crippen LogP contribution in [0.3, 0.4) is 0 Å². The molecule has 1 aliphatic rings. The van der Waals surface area contributed by atoms with Crippen LogP contribution in [0.25, 0.3) is 0 Å². The molecule has 0 spiro atoms. The van der Waals surface area contributed by atoms with Gasteiger partial charge in [0.25, 0.3) is 0 Å². The number of esters is 1. The third-order valence-electron chi connectivity index (χ3n) is 4.11. The molecule has 6 heteroatoms. The number of carbonyl (C=O) groups excluding carboxylic acids is 2. The highest BCUT2D eigenvalue weighted by Gasteiger charge is 2.42. The average molecular weight is 310 g/mol. The molecule has 1 fully saturated rings. The highest BCUT2D eigenvalue weighted by Crippen LogP contribution is 2.31. The normalized spacial score (nSPS) is 22.9. The Morgan fingerprint density at radius 2 is 2.33 bits per heavy atom. The number of hydrogen-bond donors (Lipinski definition) is 1. The van der Waals surface area contributed by atoms with E-state index in [2.05, 4.69) is 23.7 Å². The molecule has 2 amide bonds. The van der Waals surface area contributed by atoms with Gasteiger partial charge in [0.2, 0.25) is 0 Å². The summed E-state index contributed by atoms with van der Waals surface area (Å²) in [6.45, 7) is 5.54. The summed E-state index contributed by atoms with van der Waals surface area (Å²) in [5.74, 6) is 0.0410. The number of carbonyl (C=O) groups is 2. The van der Waals surface area contributed by atoms with Crippen LogP contribution in [0.1, 0.15) is 31.7 Å². The Labute approximate surface area is 129 Å². The van der Waals surface area contributed by atoms with E-state index in [1.54, 1.807) is 16.2 Å². The number of rotatable bonds is 4. The molecule has 0 aliphatic carbocycles. The predicted octanol–water partition coefficient (Wildman–Crippen LogP) is 2.45. The summed E-state index contributed by atoms with van der Waals surface area (Å²) in [4.78, 5) is 25.6. The van der Waals surface area contributed by atoms with Crippen LogP contribution in [-0.2, 0) is 9.53 Å². The van der Waals surface area contributed by atoms with Crippen molar-refractivity contribution in [2.24, 2.45) is 5.41 Å². The highest BCUT2D eigenvalue weighted by molar-refractivity contribution is 7.07. The second kappa shape index (κ2) is 6.47. The number of thiophene rings is 1. The molecule has 2 heterocycles. The first kappa shape index (κ1) is 15.8. The number of amides is 2. The summed E-state index contributed by atoms with van der Waals surface area (Å²) in [6.07, 6.45) is 0.646. The molecule has 1 N–H and O–H groups in total. The first-order valence-corrected chi connectivity index (χ1v) is 8.04. The molecule has 1 aromatic heterocycles. The fourth-order valence-electron chi connectivity index (χ4n) is 2.57. The number of nitrogens with one attached hydrogen (secondary N) is 1. The van der Waals surface area contributed by atoms with Crippen molar-refractivity contribution in [3.8, 4) is 0 Å². The van der Waals surface area contributed by atoms with E-state index in [4.69, 9.17) is 4.74 Å². The zero-order valence-electron chi connectivity index (χ0n) is 12.7. The molecule has 116 valence electrons. The van der Waals surface area contributed by atoms with E-state index < -0.39 is 5.41 Å².